The Morgan fingerprint density at radius 1 is 1.29 bits per heavy atom. The van der Waals surface area contributed by atoms with Crippen molar-refractivity contribution in [2.24, 2.45) is 0 Å². The summed E-state index contributed by atoms with van der Waals surface area (Å²) < 4.78 is 0. The highest BCUT2D eigenvalue weighted by Gasteiger charge is 2.45. The van der Waals surface area contributed by atoms with Gasteiger partial charge in [-0.3, -0.25) is 4.90 Å². The molecule has 3 rings (SSSR count). The second-order valence-corrected chi connectivity index (χ2v) is 5.74. The van der Waals surface area contributed by atoms with Crippen LogP contribution in [0.4, 0.5) is 5.82 Å². The number of likely N-dealkylation sites (tertiary alicyclic amines) is 1. The Labute approximate surface area is 125 Å². The minimum absolute atomic E-state index is 0.00389. The molecular formula is C17H21N3O. The second-order valence-electron chi connectivity index (χ2n) is 5.74. The normalized spacial score (nSPS) is 26.1. The Morgan fingerprint density at radius 3 is 2.76 bits per heavy atom. The van der Waals surface area contributed by atoms with Crippen LogP contribution < -0.4 is 5.73 Å². The lowest BCUT2D eigenvalue weighted by molar-refractivity contribution is 0.00519. The minimum Gasteiger partial charge on any atom is -0.383 e. The third kappa shape index (κ3) is 2.52. The first-order chi connectivity index (χ1) is 10.1. The Morgan fingerprint density at radius 2 is 2.05 bits per heavy atom. The summed E-state index contributed by atoms with van der Waals surface area (Å²) in [5.41, 5.74) is 7.03. The predicted octanol–water partition coefficient (Wildman–Crippen LogP) is 2.15. The molecule has 3 N–H and O–H groups in total. The number of anilines is 1. The smallest absolute Gasteiger partial charge is 0.129 e. The quantitative estimate of drug-likeness (QED) is 0.906. The number of aromatic nitrogens is 1. The maximum Gasteiger partial charge on any atom is 0.129 e. The zero-order chi connectivity index (χ0) is 14.9. The minimum atomic E-state index is -0.923. The van der Waals surface area contributed by atoms with Gasteiger partial charge in [0.15, 0.2) is 0 Å². The van der Waals surface area contributed by atoms with Gasteiger partial charge < -0.3 is 10.8 Å². The van der Waals surface area contributed by atoms with E-state index in [2.05, 4.69) is 28.9 Å². The highest BCUT2D eigenvalue weighted by atomic mass is 16.3. The maximum atomic E-state index is 11.1. The lowest BCUT2D eigenvalue weighted by Crippen LogP contribution is -2.40. The van der Waals surface area contributed by atoms with Gasteiger partial charge in [-0.2, -0.15) is 0 Å². The van der Waals surface area contributed by atoms with Crippen molar-refractivity contribution < 1.29 is 5.11 Å². The molecule has 1 aliphatic heterocycles. The van der Waals surface area contributed by atoms with Crippen LogP contribution in [-0.2, 0) is 12.1 Å². The molecule has 1 fully saturated rings. The van der Waals surface area contributed by atoms with Crippen molar-refractivity contribution in [1.82, 2.24) is 9.88 Å². The van der Waals surface area contributed by atoms with Crippen LogP contribution in [0.25, 0.3) is 0 Å². The Bertz CT molecular complexity index is 616. The van der Waals surface area contributed by atoms with E-state index in [1.165, 1.54) is 5.56 Å². The summed E-state index contributed by atoms with van der Waals surface area (Å²) in [5.74, 6) is 0.424. The summed E-state index contributed by atoms with van der Waals surface area (Å²) in [6.45, 7) is 3.74. The molecule has 4 nitrogen and oxygen atoms in total. The van der Waals surface area contributed by atoms with Gasteiger partial charge in [0, 0.05) is 30.9 Å². The third-order valence-corrected chi connectivity index (χ3v) is 4.55. The number of pyridine rings is 1. The summed E-state index contributed by atoms with van der Waals surface area (Å²) in [6.07, 6.45) is 2.33. The Hall–Kier alpha value is -1.91. The van der Waals surface area contributed by atoms with Crippen LogP contribution in [0.2, 0.25) is 0 Å². The molecule has 0 spiro atoms. The molecule has 2 heterocycles. The number of rotatable bonds is 3. The molecule has 1 aromatic heterocycles. The van der Waals surface area contributed by atoms with Gasteiger partial charge in [0.05, 0.1) is 0 Å². The molecule has 0 bridgehead atoms. The van der Waals surface area contributed by atoms with Gasteiger partial charge in [-0.1, -0.05) is 36.4 Å². The van der Waals surface area contributed by atoms with Gasteiger partial charge in [-0.15, -0.1) is 0 Å². The van der Waals surface area contributed by atoms with Crippen LogP contribution in [0.1, 0.15) is 24.5 Å². The summed E-state index contributed by atoms with van der Waals surface area (Å²) in [5, 5.41) is 11.1. The number of nitrogens with zero attached hydrogens (tertiary/aromatic N) is 2. The van der Waals surface area contributed by atoms with Gasteiger partial charge in [-0.25, -0.2) is 4.98 Å². The van der Waals surface area contributed by atoms with Gasteiger partial charge >= 0.3 is 0 Å². The molecule has 1 aromatic carbocycles. The fourth-order valence-electron chi connectivity index (χ4n) is 3.20. The zero-order valence-electron chi connectivity index (χ0n) is 12.2. The zero-order valence-corrected chi connectivity index (χ0v) is 12.2. The van der Waals surface area contributed by atoms with Crippen LogP contribution in [-0.4, -0.2) is 27.6 Å². The molecule has 1 aliphatic rings. The molecule has 0 radical (unpaired) electrons. The highest BCUT2D eigenvalue weighted by molar-refractivity contribution is 5.44. The van der Waals surface area contributed by atoms with E-state index in [0.717, 1.165) is 18.7 Å². The van der Waals surface area contributed by atoms with Gasteiger partial charge in [-0.05, 0) is 25.0 Å². The summed E-state index contributed by atoms with van der Waals surface area (Å²) in [7, 11) is 0. The number of hydrogen-bond acceptors (Lipinski definition) is 4. The van der Waals surface area contributed by atoms with Crippen molar-refractivity contribution in [3.8, 4) is 0 Å². The lowest BCUT2D eigenvalue weighted by Gasteiger charge is -2.32. The van der Waals surface area contributed by atoms with E-state index in [0.29, 0.717) is 12.2 Å². The van der Waals surface area contributed by atoms with Gasteiger partial charge in [0.2, 0.25) is 0 Å². The van der Waals surface area contributed by atoms with E-state index in [4.69, 9.17) is 5.73 Å². The number of nitrogens with two attached hydrogens (primary N) is 1. The molecule has 2 unspecified atom stereocenters. The topological polar surface area (TPSA) is 62.4 Å². The maximum absolute atomic E-state index is 11.1. The van der Waals surface area contributed by atoms with Crippen LogP contribution in [0.3, 0.4) is 0 Å². The van der Waals surface area contributed by atoms with Gasteiger partial charge in [0.1, 0.15) is 11.4 Å². The average molecular weight is 283 g/mol. The molecule has 0 saturated carbocycles. The fourth-order valence-corrected chi connectivity index (χ4v) is 3.20. The number of nitrogen functional groups attached to an aromatic ring is 1. The van der Waals surface area contributed by atoms with Crippen molar-refractivity contribution in [3.63, 3.8) is 0 Å². The monoisotopic (exact) mass is 283 g/mol. The van der Waals surface area contributed by atoms with Crippen molar-refractivity contribution in [2.75, 3.05) is 12.3 Å². The second kappa shape index (κ2) is 5.47. The van der Waals surface area contributed by atoms with Crippen LogP contribution >= 0.6 is 0 Å². The van der Waals surface area contributed by atoms with E-state index < -0.39 is 5.60 Å². The van der Waals surface area contributed by atoms with E-state index in [1.54, 1.807) is 6.20 Å². The molecule has 4 heteroatoms. The first-order valence-corrected chi connectivity index (χ1v) is 7.32. The van der Waals surface area contributed by atoms with Crippen molar-refractivity contribution >= 4 is 5.82 Å². The molecule has 2 atom stereocenters. The molecule has 1 saturated heterocycles. The highest BCUT2D eigenvalue weighted by Crippen LogP contribution is 2.40. The van der Waals surface area contributed by atoms with E-state index >= 15 is 0 Å². The number of aliphatic hydroxyl groups is 1. The van der Waals surface area contributed by atoms with E-state index in [-0.39, 0.29) is 6.04 Å². The van der Waals surface area contributed by atoms with Crippen molar-refractivity contribution in [1.29, 1.82) is 0 Å². The largest absolute Gasteiger partial charge is 0.383 e. The van der Waals surface area contributed by atoms with Crippen LogP contribution in [0.5, 0.6) is 0 Å². The van der Waals surface area contributed by atoms with Gasteiger partial charge in [0.25, 0.3) is 0 Å². The third-order valence-electron chi connectivity index (χ3n) is 4.55. The summed E-state index contributed by atoms with van der Waals surface area (Å²) in [6, 6.07) is 14.0. The summed E-state index contributed by atoms with van der Waals surface area (Å²) >= 11 is 0. The number of benzene rings is 1. The molecular weight excluding hydrogens is 262 g/mol. The van der Waals surface area contributed by atoms with E-state index in [1.807, 2.05) is 30.3 Å². The van der Waals surface area contributed by atoms with Crippen molar-refractivity contribution in [2.45, 2.75) is 31.5 Å². The molecule has 2 aromatic rings. The predicted molar refractivity (Wildman–Crippen MR) is 83.5 cm³/mol. The fraction of sp³-hybridized carbons (Fsp3) is 0.353. The SMILES string of the molecule is CC1N(Cc2ccccc2)CCC1(O)c1cccnc1N. The van der Waals surface area contributed by atoms with Crippen LogP contribution in [0.15, 0.2) is 48.7 Å². The molecule has 0 amide bonds. The van der Waals surface area contributed by atoms with Crippen molar-refractivity contribution in [3.05, 3.63) is 59.8 Å². The molecule has 21 heavy (non-hydrogen) atoms. The average Bonchev–Trinajstić information content (AvgIpc) is 2.78. The standard InChI is InChI=1S/C17H21N3O/c1-13-17(21,15-8-5-10-19-16(15)18)9-11-20(13)12-14-6-3-2-4-7-14/h2-8,10,13,21H,9,11-12H2,1H3,(H2,18,19). The summed E-state index contributed by atoms with van der Waals surface area (Å²) in [4.78, 5) is 6.41. The van der Waals surface area contributed by atoms with E-state index in [9.17, 15) is 5.11 Å². The molecule has 0 aliphatic carbocycles. The first kappa shape index (κ1) is 14.0. The molecule has 110 valence electrons. The van der Waals surface area contributed by atoms with Crippen LogP contribution in [0, 0.1) is 0 Å². The Balaban J connectivity index is 1.83. The number of hydrogen-bond donors (Lipinski definition) is 2. The Kier molecular flexibility index (Phi) is 3.66. The first-order valence-electron chi connectivity index (χ1n) is 7.32. The lowest BCUT2D eigenvalue weighted by atomic mass is 9.87.